The predicted octanol–water partition coefficient (Wildman–Crippen LogP) is 4.80. The normalized spacial score (nSPS) is 10.8. The van der Waals surface area contributed by atoms with Crippen molar-refractivity contribution < 1.29 is 4.42 Å². The van der Waals surface area contributed by atoms with Crippen molar-refractivity contribution in [2.45, 2.75) is 0 Å². The van der Waals surface area contributed by atoms with Crippen LogP contribution in [0.5, 0.6) is 0 Å². The first-order valence-corrected chi connectivity index (χ1v) is 6.46. The molecule has 0 radical (unpaired) electrons. The lowest BCUT2D eigenvalue weighted by atomic mass is 10.0. The van der Waals surface area contributed by atoms with Crippen LogP contribution in [0.3, 0.4) is 0 Å². The summed E-state index contributed by atoms with van der Waals surface area (Å²) in [7, 11) is 0. The molecule has 2 nitrogen and oxygen atoms in total. The molecule has 0 saturated carbocycles. The minimum atomic E-state index is -0.149. The van der Waals surface area contributed by atoms with E-state index < -0.39 is 0 Å². The number of benzene rings is 2. The Balaban J connectivity index is 2.53. The van der Waals surface area contributed by atoms with Crippen molar-refractivity contribution in [1.29, 1.82) is 0 Å². The van der Waals surface area contributed by atoms with Crippen LogP contribution in [0, 0.1) is 0 Å². The van der Waals surface area contributed by atoms with Crippen molar-refractivity contribution in [2.75, 3.05) is 0 Å². The Bertz CT molecular complexity index is 919. The molecule has 0 N–H and O–H groups in total. The lowest BCUT2D eigenvalue weighted by Crippen LogP contribution is -2.08. The van der Waals surface area contributed by atoms with Crippen molar-refractivity contribution in [3.63, 3.8) is 0 Å². The summed E-state index contributed by atoms with van der Waals surface area (Å²) >= 11 is 5.90. The van der Waals surface area contributed by atoms with Gasteiger partial charge in [-0.2, -0.15) is 0 Å². The third kappa shape index (κ3) is 1.86. The number of halogens is 1. The highest BCUT2D eigenvalue weighted by molar-refractivity contribution is 6.48. The molecule has 3 rings (SSSR count). The zero-order valence-electron chi connectivity index (χ0n) is 10.7. The average Bonchev–Trinajstić information content (AvgIpc) is 2.45. The first-order valence-electron chi connectivity index (χ1n) is 6.08. The van der Waals surface area contributed by atoms with Gasteiger partial charge in [0.15, 0.2) is 5.76 Å². The Morgan fingerprint density at radius 1 is 1.20 bits per heavy atom. The van der Waals surface area contributed by atoms with Crippen molar-refractivity contribution >= 4 is 44.5 Å². The van der Waals surface area contributed by atoms with Gasteiger partial charge in [0.25, 0.3) is 0 Å². The Morgan fingerprint density at radius 3 is 2.45 bits per heavy atom. The van der Waals surface area contributed by atoms with E-state index in [-0.39, 0.29) is 16.2 Å². The standard InChI is InChI=1S/C17H11ClO2/c1-3-13-16(19)14-8-11-6-4-5-7-12(11)9-15(14)20-17(13)10(2)18/h3-9H,1-2H2. The molecule has 0 aliphatic carbocycles. The van der Waals surface area contributed by atoms with Gasteiger partial charge in [-0.1, -0.05) is 55.1 Å². The van der Waals surface area contributed by atoms with Crippen molar-refractivity contribution in [3.05, 3.63) is 71.1 Å². The molecule has 1 aromatic heterocycles. The van der Waals surface area contributed by atoms with E-state index in [0.717, 1.165) is 10.8 Å². The van der Waals surface area contributed by atoms with Gasteiger partial charge in [-0.15, -0.1) is 0 Å². The summed E-state index contributed by atoms with van der Waals surface area (Å²) in [6, 6.07) is 11.4. The monoisotopic (exact) mass is 282 g/mol. The van der Waals surface area contributed by atoms with Crippen LogP contribution in [0.2, 0.25) is 0 Å². The maximum atomic E-state index is 12.5. The average molecular weight is 283 g/mol. The van der Waals surface area contributed by atoms with E-state index in [2.05, 4.69) is 13.2 Å². The summed E-state index contributed by atoms with van der Waals surface area (Å²) in [4.78, 5) is 12.5. The molecule has 0 bridgehead atoms. The van der Waals surface area contributed by atoms with Gasteiger partial charge in [0, 0.05) is 0 Å². The molecule has 3 heteroatoms. The SMILES string of the molecule is C=Cc1c(C(=C)Cl)oc2cc3ccccc3cc2c1=O. The fourth-order valence-corrected chi connectivity index (χ4v) is 2.42. The Morgan fingerprint density at radius 2 is 1.85 bits per heavy atom. The van der Waals surface area contributed by atoms with Crippen molar-refractivity contribution in [3.8, 4) is 0 Å². The minimum Gasteiger partial charge on any atom is -0.454 e. The van der Waals surface area contributed by atoms with Crippen LogP contribution in [0.4, 0.5) is 0 Å². The third-order valence-corrected chi connectivity index (χ3v) is 3.42. The lowest BCUT2D eigenvalue weighted by molar-refractivity contribution is 0.588. The van der Waals surface area contributed by atoms with Crippen LogP contribution in [0.25, 0.3) is 32.8 Å². The summed E-state index contributed by atoms with van der Waals surface area (Å²) in [6.45, 7) is 7.27. The summed E-state index contributed by atoms with van der Waals surface area (Å²) in [5, 5.41) is 2.69. The first-order chi connectivity index (χ1) is 9.61. The molecular formula is C17H11ClO2. The van der Waals surface area contributed by atoms with E-state index in [1.54, 1.807) is 0 Å². The molecule has 0 spiro atoms. The molecule has 0 amide bonds. The largest absolute Gasteiger partial charge is 0.454 e. The molecule has 0 aliphatic rings. The summed E-state index contributed by atoms with van der Waals surface area (Å²) in [6.07, 6.45) is 1.45. The van der Waals surface area contributed by atoms with Crippen LogP contribution in [0.15, 0.2) is 58.8 Å². The lowest BCUT2D eigenvalue weighted by Gasteiger charge is -2.07. The van der Waals surface area contributed by atoms with Crippen LogP contribution in [0.1, 0.15) is 11.3 Å². The molecule has 98 valence electrons. The van der Waals surface area contributed by atoms with Crippen molar-refractivity contribution in [2.24, 2.45) is 0 Å². The molecule has 0 fully saturated rings. The molecule has 0 saturated heterocycles. The number of fused-ring (bicyclic) bond motifs is 2. The van der Waals surface area contributed by atoms with Gasteiger partial charge < -0.3 is 4.42 Å². The first kappa shape index (κ1) is 12.7. The smallest absolute Gasteiger partial charge is 0.200 e. The van der Waals surface area contributed by atoms with Gasteiger partial charge in [0.05, 0.1) is 16.0 Å². The van der Waals surface area contributed by atoms with E-state index in [4.69, 9.17) is 16.0 Å². The van der Waals surface area contributed by atoms with Gasteiger partial charge in [0.1, 0.15) is 5.58 Å². The fraction of sp³-hybridized carbons (Fsp3) is 0. The quantitative estimate of drug-likeness (QED) is 0.632. The fourth-order valence-electron chi connectivity index (χ4n) is 2.28. The predicted molar refractivity (Wildman–Crippen MR) is 85.0 cm³/mol. The van der Waals surface area contributed by atoms with Gasteiger partial charge >= 0.3 is 0 Å². The van der Waals surface area contributed by atoms with E-state index in [1.165, 1.54) is 6.08 Å². The zero-order valence-corrected chi connectivity index (χ0v) is 11.4. The molecule has 0 atom stereocenters. The topological polar surface area (TPSA) is 30.2 Å². The Labute approximate surface area is 120 Å². The molecule has 3 aromatic rings. The van der Waals surface area contributed by atoms with E-state index in [9.17, 15) is 4.79 Å². The van der Waals surface area contributed by atoms with Gasteiger partial charge in [0.2, 0.25) is 5.43 Å². The Hall–Kier alpha value is -2.32. The summed E-state index contributed by atoms with van der Waals surface area (Å²) in [5.41, 5.74) is 0.688. The highest BCUT2D eigenvalue weighted by Crippen LogP contribution is 2.27. The highest BCUT2D eigenvalue weighted by atomic mass is 35.5. The van der Waals surface area contributed by atoms with E-state index in [0.29, 0.717) is 16.5 Å². The highest BCUT2D eigenvalue weighted by Gasteiger charge is 2.14. The number of rotatable bonds is 2. The van der Waals surface area contributed by atoms with Gasteiger partial charge in [-0.05, 0) is 22.9 Å². The molecule has 2 aromatic carbocycles. The molecule has 1 heterocycles. The number of hydrogen-bond acceptors (Lipinski definition) is 2. The van der Waals surface area contributed by atoms with Crippen LogP contribution in [-0.4, -0.2) is 0 Å². The van der Waals surface area contributed by atoms with E-state index >= 15 is 0 Å². The second-order valence-corrected chi connectivity index (χ2v) is 4.93. The van der Waals surface area contributed by atoms with E-state index in [1.807, 2.05) is 36.4 Å². The maximum absolute atomic E-state index is 12.5. The van der Waals surface area contributed by atoms with Crippen molar-refractivity contribution in [1.82, 2.24) is 0 Å². The maximum Gasteiger partial charge on any atom is 0.200 e. The summed E-state index contributed by atoms with van der Waals surface area (Å²) < 4.78 is 5.73. The molecule has 0 aliphatic heterocycles. The van der Waals surface area contributed by atoms with Crippen LogP contribution < -0.4 is 5.43 Å². The number of hydrogen-bond donors (Lipinski definition) is 0. The Kier molecular flexibility index (Phi) is 2.96. The van der Waals surface area contributed by atoms with Gasteiger partial charge in [-0.25, -0.2) is 0 Å². The van der Waals surface area contributed by atoms with Crippen LogP contribution >= 0.6 is 11.6 Å². The minimum absolute atomic E-state index is 0.149. The van der Waals surface area contributed by atoms with Gasteiger partial charge in [-0.3, -0.25) is 4.79 Å². The molecule has 0 unspecified atom stereocenters. The zero-order chi connectivity index (χ0) is 14.3. The summed E-state index contributed by atoms with van der Waals surface area (Å²) in [5.74, 6) is 0.273. The molecular weight excluding hydrogens is 272 g/mol. The second-order valence-electron chi connectivity index (χ2n) is 4.48. The molecule has 20 heavy (non-hydrogen) atoms. The second kappa shape index (κ2) is 4.66. The van der Waals surface area contributed by atoms with Crippen LogP contribution in [-0.2, 0) is 0 Å². The third-order valence-electron chi connectivity index (χ3n) is 3.24.